The highest BCUT2D eigenvalue weighted by Crippen LogP contribution is 2.46. The van der Waals surface area contributed by atoms with E-state index in [1.807, 2.05) is 6.07 Å². The van der Waals surface area contributed by atoms with Crippen molar-refractivity contribution in [2.24, 2.45) is 0 Å². The van der Waals surface area contributed by atoms with Gasteiger partial charge in [-0.25, -0.2) is 0 Å². The number of nitrogens with zero attached hydrogens (tertiary/aromatic N) is 1. The number of para-hydroxylation sites is 1. The molecule has 0 aliphatic carbocycles. The first-order valence-corrected chi connectivity index (χ1v) is 22.7. The van der Waals surface area contributed by atoms with Gasteiger partial charge in [0, 0.05) is 33.9 Å². The van der Waals surface area contributed by atoms with Gasteiger partial charge in [0.15, 0.2) is 0 Å². The summed E-state index contributed by atoms with van der Waals surface area (Å²) in [5, 5.41) is 22.0. The van der Waals surface area contributed by atoms with Crippen molar-refractivity contribution >= 4 is 125 Å². The molecule has 0 fully saturated rings. The third kappa shape index (κ3) is 5.55. The van der Waals surface area contributed by atoms with Crippen LogP contribution in [0.2, 0.25) is 0 Å². The zero-order valence-corrected chi connectivity index (χ0v) is 35.9. The van der Waals surface area contributed by atoms with Crippen molar-refractivity contribution in [3.05, 3.63) is 237 Å². The monoisotopic (exact) mass is 837 g/mol. The lowest BCUT2D eigenvalue weighted by atomic mass is 9.88. The van der Waals surface area contributed by atoms with Crippen LogP contribution in [-0.4, -0.2) is 0 Å². The molecule has 14 rings (SSSR count). The maximum Gasteiger partial charge on any atom is 0.137 e. The molecule has 14 aromatic rings. The average molecular weight is 838 g/mol. The van der Waals surface area contributed by atoms with Crippen LogP contribution in [-0.2, 0) is 0 Å². The number of hydrogen-bond acceptors (Lipinski definition) is 2. The fraction of sp³-hybridized carbons (Fsp3) is 0. The van der Waals surface area contributed by atoms with Gasteiger partial charge in [-0.1, -0.05) is 182 Å². The number of fused-ring (bicyclic) bond motifs is 14. The average Bonchev–Trinajstić information content (AvgIpc) is 3.76. The van der Waals surface area contributed by atoms with Gasteiger partial charge in [0.1, 0.15) is 11.2 Å². The van der Waals surface area contributed by atoms with Gasteiger partial charge in [-0.2, -0.15) is 0 Å². The third-order valence-electron chi connectivity index (χ3n) is 14.0. The van der Waals surface area contributed by atoms with E-state index < -0.39 is 0 Å². The molecular weight excluding hydrogens is 799 g/mol. The maximum absolute atomic E-state index is 6.54. The van der Waals surface area contributed by atoms with Crippen LogP contribution in [0.3, 0.4) is 0 Å². The summed E-state index contributed by atoms with van der Waals surface area (Å²) in [6.07, 6.45) is 0. The molecule has 0 unspecified atom stereocenters. The molecule has 13 aromatic carbocycles. The largest absolute Gasteiger partial charge is 0.456 e. The molecule has 1 aromatic heterocycles. The van der Waals surface area contributed by atoms with Crippen LogP contribution < -0.4 is 4.90 Å². The van der Waals surface area contributed by atoms with E-state index in [9.17, 15) is 0 Å². The molecule has 2 heteroatoms. The van der Waals surface area contributed by atoms with Crippen LogP contribution in [0.1, 0.15) is 0 Å². The Bertz CT molecular complexity index is 4320. The third-order valence-corrected chi connectivity index (χ3v) is 14.0. The minimum absolute atomic E-state index is 0.859. The predicted octanol–water partition coefficient (Wildman–Crippen LogP) is 18.5. The second-order valence-electron chi connectivity index (χ2n) is 17.5. The number of anilines is 3. The van der Waals surface area contributed by atoms with Crippen LogP contribution in [0, 0.1) is 0 Å². The molecule has 0 saturated carbocycles. The minimum atomic E-state index is 0.859. The number of benzene rings is 12. The number of rotatable bonds is 4. The van der Waals surface area contributed by atoms with Crippen molar-refractivity contribution in [2.45, 2.75) is 0 Å². The number of hydrogen-bond donors (Lipinski definition) is 0. The quantitative estimate of drug-likeness (QED) is 0.164. The van der Waals surface area contributed by atoms with Crippen molar-refractivity contribution < 1.29 is 4.42 Å². The van der Waals surface area contributed by atoms with Gasteiger partial charge in [-0.3, -0.25) is 0 Å². The molecular formula is C64H39NO. The Balaban J connectivity index is 1.14. The van der Waals surface area contributed by atoms with Crippen LogP contribution >= 0.6 is 0 Å². The molecule has 0 aliphatic heterocycles. The van der Waals surface area contributed by atoms with Crippen molar-refractivity contribution in [1.82, 2.24) is 0 Å². The minimum Gasteiger partial charge on any atom is -0.456 e. The van der Waals surface area contributed by atoms with E-state index in [-0.39, 0.29) is 0 Å². The Morgan fingerprint density at radius 1 is 0.227 bits per heavy atom. The van der Waals surface area contributed by atoms with Gasteiger partial charge in [-0.15, -0.1) is 0 Å². The van der Waals surface area contributed by atoms with Gasteiger partial charge in [-0.05, 0) is 146 Å². The Kier molecular flexibility index (Phi) is 8.02. The highest BCUT2D eigenvalue weighted by atomic mass is 16.3. The van der Waals surface area contributed by atoms with E-state index in [1.54, 1.807) is 0 Å². The van der Waals surface area contributed by atoms with Crippen LogP contribution in [0.5, 0.6) is 0 Å². The van der Waals surface area contributed by atoms with Crippen LogP contribution in [0.25, 0.3) is 119 Å². The summed E-state index contributed by atoms with van der Waals surface area (Å²) in [5.74, 6) is 0. The molecule has 0 atom stereocenters. The predicted molar refractivity (Wildman–Crippen MR) is 283 cm³/mol. The Hall–Kier alpha value is -8.72. The summed E-state index contributed by atoms with van der Waals surface area (Å²) >= 11 is 0. The van der Waals surface area contributed by atoms with Crippen LogP contribution in [0.4, 0.5) is 17.1 Å². The zero-order chi connectivity index (χ0) is 43.3. The maximum atomic E-state index is 6.54. The first-order valence-electron chi connectivity index (χ1n) is 22.7. The summed E-state index contributed by atoms with van der Waals surface area (Å²) < 4.78 is 6.54. The first kappa shape index (κ1) is 36.7. The summed E-state index contributed by atoms with van der Waals surface area (Å²) in [7, 11) is 0. The van der Waals surface area contributed by atoms with Gasteiger partial charge >= 0.3 is 0 Å². The molecule has 0 amide bonds. The second kappa shape index (κ2) is 14.4. The molecule has 0 saturated heterocycles. The smallest absolute Gasteiger partial charge is 0.137 e. The van der Waals surface area contributed by atoms with Crippen molar-refractivity contribution in [1.29, 1.82) is 0 Å². The standard InChI is InChI=1S/C64H39NO/c1-2-13-40(14-3-1)41-27-30-45(31-28-41)65(47-33-36-55-54-22-10-11-24-60(54)66-61(55)39-47)46-32-35-53-58(38-46)52-21-7-6-19-50(52)48-17-4-5-18-49(48)51-20-8-9-23-56(51)64-57-34-29-43-16-12-15-42-25-26-44(37-59(53)64)63(57)62(42)43/h1-39H. The van der Waals surface area contributed by atoms with Crippen molar-refractivity contribution in [3.8, 4) is 11.1 Å². The normalized spacial score (nSPS) is 11.9. The van der Waals surface area contributed by atoms with E-state index in [1.165, 1.54) is 97.3 Å². The van der Waals surface area contributed by atoms with E-state index >= 15 is 0 Å². The summed E-state index contributed by atoms with van der Waals surface area (Å²) in [5.41, 5.74) is 7.24. The highest BCUT2D eigenvalue weighted by Gasteiger charge is 2.19. The summed E-state index contributed by atoms with van der Waals surface area (Å²) in [6.45, 7) is 0. The SMILES string of the molecule is c1ccc(-c2ccc(N(c3ccc4c(c3)oc3ccccc34)c3ccc4c(c3)c3ccccc3c3ccccc3c3ccccc3c3c4cc4ccc5cccc6ccc3c4c56)cc2)cc1. The van der Waals surface area contributed by atoms with E-state index in [0.29, 0.717) is 0 Å². The lowest BCUT2D eigenvalue weighted by Gasteiger charge is -2.26. The first-order chi connectivity index (χ1) is 32.7. The molecule has 0 spiro atoms. The number of furan rings is 1. The molecule has 0 aliphatic rings. The molecule has 1 heterocycles. The van der Waals surface area contributed by atoms with Gasteiger partial charge in [0.25, 0.3) is 0 Å². The Labute approximate surface area is 380 Å². The summed E-state index contributed by atoms with van der Waals surface area (Å²) in [6, 6.07) is 87.0. The highest BCUT2D eigenvalue weighted by molar-refractivity contribution is 6.36. The fourth-order valence-electron chi connectivity index (χ4n) is 11.0. The molecule has 66 heavy (non-hydrogen) atoms. The molecule has 0 bridgehead atoms. The van der Waals surface area contributed by atoms with Gasteiger partial charge in [0.05, 0.1) is 0 Å². The molecule has 306 valence electrons. The lowest BCUT2D eigenvalue weighted by molar-refractivity contribution is 0.669. The molecule has 2 nitrogen and oxygen atoms in total. The van der Waals surface area contributed by atoms with Crippen LogP contribution in [0.15, 0.2) is 241 Å². The zero-order valence-electron chi connectivity index (χ0n) is 35.9. The molecule has 0 N–H and O–H groups in total. The Morgan fingerprint density at radius 2 is 0.712 bits per heavy atom. The van der Waals surface area contributed by atoms with E-state index in [4.69, 9.17) is 4.42 Å². The van der Waals surface area contributed by atoms with E-state index in [2.05, 4.69) is 235 Å². The fourth-order valence-corrected chi connectivity index (χ4v) is 11.0. The van der Waals surface area contributed by atoms with Gasteiger partial charge in [0.2, 0.25) is 0 Å². The lowest BCUT2D eigenvalue weighted by Crippen LogP contribution is -2.09. The van der Waals surface area contributed by atoms with Crippen molar-refractivity contribution in [2.75, 3.05) is 4.90 Å². The topological polar surface area (TPSA) is 16.4 Å². The molecule has 0 radical (unpaired) electrons. The Morgan fingerprint density at radius 3 is 1.42 bits per heavy atom. The van der Waals surface area contributed by atoms with Gasteiger partial charge < -0.3 is 9.32 Å². The van der Waals surface area contributed by atoms with Crippen molar-refractivity contribution in [3.63, 3.8) is 0 Å². The second-order valence-corrected chi connectivity index (χ2v) is 17.5. The summed E-state index contributed by atoms with van der Waals surface area (Å²) in [4.78, 5) is 2.38. The van der Waals surface area contributed by atoms with E-state index in [0.717, 1.165) is 39.0 Å².